The van der Waals surface area contributed by atoms with Gasteiger partial charge in [-0.3, -0.25) is 0 Å². The Bertz CT molecular complexity index is 128. The molecule has 0 amide bonds. The van der Waals surface area contributed by atoms with Crippen molar-refractivity contribution < 1.29 is 19.7 Å². The highest BCUT2D eigenvalue weighted by molar-refractivity contribution is 4.78. The summed E-state index contributed by atoms with van der Waals surface area (Å²) in [4.78, 5) is 0. The van der Waals surface area contributed by atoms with Gasteiger partial charge in [-0.05, 0) is 6.92 Å². The van der Waals surface area contributed by atoms with Crippen molar-refractivity contribution >= 4 is 0 Å². The average molecular weight is 176 g/mol. The molecule has 4 nitrogen and oxygen atoms in total. The summed E-state index contributed by atoms with van der Waals surface area (Å²) in [5, 5.41) is 18.2. The summed E-state index contributed by atoms with van der Waals surface area (Å²) in [7, 11) is 0. The molecular formula is C8H16O4. The maximum absolute atomic E-state index is 9.40. The van der Waals surface area contributed by atoms with Crippen LogP contribution in [0.15, 0.2) is 0 Å². The monoisotopic (exact) mass is 176 g/mol. The van der Waals surface area contributed by atoms with Gasteiger partial charge in [0.15, 0.2) is 0 Å². The topological polar surface area (TPSA) is 58.9 Å². The Morgan fingerprint density at radius 2 is 2.33 bits per heavy atom. The van der Waals surface area contributed by atoms with Crippen LogP contribution in [0.2, 0.25) is 0 Å². The molecule has 12 heavy (non-hydrogen) atoms. The quantitative estimate of drug-likeness (QED) is 0.610. The third-order valence-corrected chi connectivity index (χ3v) is 2.01. The molecule has 2 N–H and O–H groups in total. The highest BCUT2D eigenvalue weighted by Crippen LogP contribution is 2.16. The molecule has 1 aliphatic heterocycles. The van der Waals surface area contributed by atoms with Gasteiger partial charge in [-0.2, -0.15) is 0 Å². The number of hydrogen-bond donors (Lipinski definition) is 2. The molecule has 1 saturated heterocycles. The summed E-state index contributed by atoms with van der Waals surface area (Å²) in [5.74, 6) is 0. The molecule has 0 aromatic heterocycles. The molecule has 1 heterocycles. The molecule has 0 unspecified atom stereocenters. The van der Waals surface area contributed by atoms with Gasteiger partial charge >= 0.3 is 0 Å². The fraction of sp³-hybridized carbons (Fsp3) is 1.00. The first-order valence-corrected chi connectivity index (χ1v) is 4.30. The zero-order valence-corrected chi connectivity index (χ0v) is 7.27. The van der Waals surface area contributed by atoms with Gasteiger partial charge in [0.25, 0.3) is 0 Å². The van der Waals surface area contributed by atoms with E-state index in [0.29, 0.717) is 19.6 Å². The fourth-order valence-corrected chi connectivity index (χ4v) is 1.36. The van der Waals surface area contributed by atoms with Crippen molar-refractivity contribution in [3.05, 3.63) is 0 Å². The molecule has 0 aromatic carbocycles. The van der Waals surface area contributed by atoms with Crippen LogP contribution in [-0.2, 0) is 9.47 Å². The van der Waals surface area contributed by atoms with Gasteiger partial charge in [-0.15, -0.1) is 0 Å². The first-order valence-electron chi connectivity index (χ1n) is 4.30. The van der Waals surface area contributed by atoms with E-state index >= 15 is 0 Å². The van der Waals surface area contributed by atoms with Crippen molar-refractivity contribution in [2.24, 2.45) is 0 Å². The van der Waals surface area contributed by atoms with Crippen molar-refractivity contribution in [1.82, 2.24) is 0 Å². The summed E-state index contributed by atoms with van der Waals surface area (Å²) >= 11 is 0. The lowest BCUT2D eigenvalue weighted by molar-refractivity contribution is -0.150. The Hall–Kier alpha value is -0.160. The van der Waals surface area contributed by atoms with Crippen LogP contribution in [0.25, 0.3) is 0 Å². The maximum Gasteiger partial charge on any atom is 0.107 e. The summed E-state index contributed by atoms with van der Waals surface area (Å²) < 4.78 is 10.5. The minimum atomic E-state index is -0.597. The number of rotatable bonds is 3. The zero-order chi connectivity index (χ0) is 8.97. The SMILES string of the molecule is CCO[C@H]1CO[C@H](CO)[C@@H](O)C1. The first kappa shape index (κ1) is 9.92. The van der Waals surface area contributed by atoms with E-state index in [9.17, 15) is 5.11 Å². The number of aliphatic hydroxyl groups is 2. The van der Waals surface area contributed by atoms with Crippen LogP contribution in [-0.4, -0.2) is 48.3 Å². The van der Waals surface area contributed by atoms with Crippen molar-refractivity contribution in [1.29, 1.82) is 0 Å². The average Bonchev–Trinajstić information content (AvgIpc) is 2.05. The van der Waals surface area contributed by atoms with Crippen LogP contribution >= 0.6 is 0 Å². The molecule has 1 fully saturated rings. The van der Waals surface area contributed by atoms with Crippen molar-refractivity contribution in [3.8, 4) is 0 Å². The second kappa shape index (κ2) is 4.77. The minimum Gasteiger partial charge on any atom is -0.394 e. The Morgan fingerprint density at radius 1 is 1.58 bits per heavy atom. The van der Waals surface area contributed by atoms with E-state index in [2.05, 4.69) is 0 Å². The normalized spacial score (nSPS) is 36.8. The second-order valence-electron chi connectivity index (χ2n) is 2.93. The van der Waals surface area contributed by atoms with Crippen molar-refractivity contribution in [3.63, 3.8) is 0 Å². The number of ether oxygens (including phenoxy) is 2. The maximum atomic E-state index is 9.40. The molecule has 0 saturated carbocycles. The van der Waals surface area contributed by atoms with Gasteiger partial charge in [-0.25, -0.2) is 0 Å². The third-order valence-electron chi connectivity index (χ3n) is 2.01. The van der Waals surface area contributed by atoms with E-state index in [1.807, 2.05) is 6.92 Å². The lowest BCUT2D eigenvalue weighted by Crippen LogP contribution is -2.43. The lowest BCUT2D eigenvalue weighted by atomic mass is 10.0. The highest BCUT2D eigenvalue weighted by Gasteiger charge is 2.29. The van der Waals surface area contributed by atoms with E-state index < -0.39 is 12.2 Å². The van der Waals surface area contributed by atoms with Crippen LogP contribution in [0, 0.1) is 0 Å². The predicted octanol–water partition coefficient (Wildman–Crippen LogP) is -0.466. The Kier molecular flexibility index (Phi) is 3.94. The Labute approximate surface area is 72.1 Å². The van der Waals surface area contributed by atoms with E-state index in [4.69, 9.17) is 14.6 Å². The van der Waals surface area contributed by atoms with Crippen LogP contribution in [0.4, 0.5) is 0 Å². The van der Waals surface area contributed by atoms with Crippen LogP contribution in [0.5, 0.6) is 0 Å². The summed E-state index contributed by atoms with van der Waals surface area (Å²) in [6.07, 6.45) is -0.492. The van der Waals surface area contributed by atoms with E-state index in [0.717, 1.165) is 0 Å². The molecule has 0 radical (unpaired) electrons. The number of aliphatic hydroxyl groups excluding tert-OH is 2. The van der Waals surface area contributed by atoms with Crippen molar-refractivity contribution in [2.75, 3.05) is 19.8 Å². The molecule has 4 heteroatoms. The van der Waals surface area contributed by atoms with E-state index in [1.54, 1.807) is 0 Å². The van der Waals surface area contributed by atoms with Gasteiger partial charge in [0.05, 0.1) is 25.4 Å². The largest absolute Gasteiger partial charge is 0.394 e. The van der Waals surface area contributed by atoms with Gasteiger partial charge in [-0.1, -0.05) is 0 Å². The molecule has 3 atom stereocenters. The summed E-state index contributed by atoms with van der Waals surface area (Å²) in [5.41, 5.74) is 0. The smallest absolute Gasteiger partial charge is 0.107 e. The molecular weight excluding hydrogens is 160 g/mol. The zero-order valence-electron chi connectivity index (χ0n) is 7.27. The molecule has 72 valence electrons. The molecule has 0 bridgehead atoms. The molecule has 1 rings (SSSR count). The minimum absolute atomic E-state index is 0.0206. The molecule has 1 aliphatic rings. The lowest BCUT2D eigenvalue weighted by Gasteiger charge is -2.31. The van der Waals surface area contributed by atoms with Gasteiger partial charge in [0, 0.05) is 13.0 Å². The molecule has 0 aliphatic carbocycles. The van der Waals surface area contributed by atoms with Crippen LogP contribution < -0.4 is 0 Å². The summed E-state index contributed by atoms with van der Waals surface area (Å²) in [6.45, 7) is 2.88. The second-order valence-corrected chi connectivity index (χ2v) is 2.93. The van der Waals surface area contributed by atoms with Crippen molar-refractivity contribution in [2.45, 2.75) is 31.7 Å². The predicted molar refractivity (Wildman–Crippen MR) is 42.9 cm³/mol. The standard InChI is InChI=1S/C8H16O4/c1-2-11-6-3-7(10)8(4-9)12-5-6/h6-10H,2-5H2,1H3/t6-,7+,8-/m1/s1. The number of hydrogen-bond acceptors (Lipinski definition) is 4. The van der Waals surface area contributed by atoms with Gasteiger partial charge in [0.1, 0.15) is 6.10 Å². The van der Waals surface area contributed by atoms with E-state index in [1.165, 1.54) is 0 Å². The first-order chi connectivity index (χ1) is 5.77. The summed E-state index contributed by atoms with van der Waals surface area (Å²) in [6, 6.07) is 0. The highest BCUT2D eigenvalue weighted by atomic mass is 16.6. The Morgan fingerprint density at radius 3 is 2.83 bits per heavy atom. The van der Waals surface area contributed by atoms with Gasteiger partial charge in [0.2, 0.25) is 0 Å². The fourth-order valence-electron chi connectivity index (χ4n) is 1.36. The van der Waals surface area contributed by atoms with Crippen LogP contribution in [0.3, 0.4) is 0 Å². The third kappa shape index (κ3) is 2.42. The Balaban J connectivity index is 2.30. The van der Waals surface area contributed by atoms with Gasteiger partial charge < -0.3 is 19.7 Å². The molecule has 0 spiro atoms. The molecule has 0 aromatic rings. The van der Waals surface area contributed by atoms with Crippen LogP contribution in [0.1, 0.15) is 13.3 Å². The van der Waals surface area contributed by atoms with E-state index in [-0.39, 0.29) is 12.7 Å².